The van der Waals surface area contributed by atoms with Gasteiger partial charge in [-0.1, -0.05) is 223 Å². The Kier molecular flexibility index (Phi) is 40.6. The Balaban J connectivity index is 3.82. The lowest BCUT2D eigenvalue weighted by atomic mass is 10.0. The van der Waals surface area contributed by atoms with Gasteiger partial charge in [0.2, 0.25) is 5.91 Å². The van der Waals surface area contributed by atoms with Gasteiger partial charge in [0.25, 0.3) is 10.1 Å². The second-order valence-electron chi connectivity index (χ2n) is 16.0. The van der Waals surface area contributed by atoms with Crippen LogP contribution in [-0.4, -0.2) is 41.9 Å². The molecule has 7 heteroatoms. The van der Waals surface area contributed by atoms with Crippen LogP contribution in [0.3, 0.4) is 0 Å². The molecule has 3 N–H and O–H groups in total. The van der Waals surface area contributed by atoms with Crippen LogP contribution in [0.2, 0.25) is 0 Å². The Labute approximate surface area is 341 Å². The average Bonchev–Trinajstić information content (AvgIpc) is 3.15. The molecule has 0 rings (SSSR count). The molecule has 0 aliphatic rings. The molecule has 0 saturated carbocycles. The van der Waals surface area contributed by atoms with E-state index in [-0.39, 0.29) is 5.91 Å². The third-order valence-corrected chi connectivity index (χ3v) is 11.3. The van der Waals surface area contributed by atoms with E-state index in [1.807, 2.05) is 0 Å². The van der Waals surface area contributed by atoms with Gasteiger partial charge >= 0.3 is 0 Å². The first-order valence-corrected chi connectivity index (χ1v) is 24.9. The number of nitrogens with one attached hydrogen (secondary N) is 1. The van der Waals surface area contributed by atoms with Gasteiger partial charge in [0.15, 0.2) is 0 Å². The Morgan fingerprint density at radius 1 is 0.509 bits per heavy atom. The fraction of sp³-hybridized carbons (Fsp3) is 0.812. The van der Waals surface area contributed by atoms with E-state index in [0.29, 0.717) is 12.8 Å². The number of carbonyl (C=O) groups excluding carboxylic acids is 1. The van der Waals surface area contributed by atoms with Gasteiger partial charge in [-0.3, -0.25) is 9.35 Å². The van der Waals surface area contributed by atoms with E-state index in [9.17, 15) is 22.9 Å². The summed E-state index contributed by atoms with van der Waals surface area (Å²) in [5, 5.41) is 13.4. The highest BCUT2D eigenvalue weighted by Crippen LogP contribution is 2.16. The molecule has 0 aromatic rings. The lowest BCUT2D eigenvalue weighted by Crippen LogP contribution is -2.47. The third kappa shape index (κ3) is 43.3. The number of hydrogen-bond acceptors (Lipinski definition) is 4. The molecule has 0 radical (unpaired) electrons. The monoisotopic (exact) mass is 792 g/mol. The van der Waals surface area contributed by atoms with E-state index in [2.05, 4.69) is 67.8 Å². The lowest BCUT2D eigenvalue weighted by Gasteiger charge is -2.23. The molecule has 55 heavy (non-hydrogen) atoms. The minimum atomic E-state index is -4.32. The molecule has 0 saturated heterocycles. The summed E-state index contributed by atoms with van der Waals surface area (Å²) in [5.41, 5.74) is 0. The summed E-state index contributed by atoms with van der Waals surface area (Å²) >= 11 is 0. The minimum Gasteiger partial charge on any atom is -0.391 e. The second-order valence-corrected chi connectivity index (χ2v) is 17.5. The van der Waals surface area contributed by atoms with Gasteiger partial charge in [-0.15, -0.1) is 0 Å². The SMILES string of the molecule is CC/C=C\C/C=C\C/C=C\C/C=C\CCCCCCCCCCC(=O)NC(CS(=O)(=O)O)C(O)CCCCCCCCCCCCCCCCCCCCC. The zero-order valence-electron chi connectivity index (χ0n) is 36.0. The predicted molar refractivity (Wildman–Crippen MR) is 239 cm³/mol. The summed E-state index contributed by atoms with van der Waals surface area (Å²) in [5.74, 6) is -0.905. The van der Waals surface area contributed by atoms with Crippen LogP contribution in [0.1, 0.15) is 232 Å². The molecule has 0 aromatic heterocycles. The topological polar surface area (TPSA) is 104 Å². The van der Waals surface area contributed by atoms with E-state index in [1.54, 1.807) is 0 Å². The zero-order valence-corrected chi connectivity index (χ0v) is 36.9. The number of carbonyl (C=O) groups is 1. The standard InChI is InChI=1S/C48H89NO5S/c1-3-5-7-9-11-13-15-17-19-21-23-24-26-28-30-32-34-36-38-40-42-44-48(51)49-46(45-55(52,53)54)47(50)43-41-39-37-35-33-31-29-27-25-22-20-18-16-14-12-10-8-6-4-2/h5,7,11,13,17,19,23-24,46-47,50H,3-4,6,8-10,12,14-16,18,20-22,25-45H2,1-2H3,(H,49,51)(H,52,53,54)/b7-5-,13-11-,19-17-,24-23-. The summed E-state index contributed by atoms with van der Waals surface area (Å²) in [4.78, 5) is 12.6. The van der Waals surface area contributed by atoms with Crippen molar-refractivity contribution in [1.82, 2.24) is 5.32 Å². The van der Waals surface area contributed by atoms with E-state index in [0.717, 1.165) is 77.0 Å². The molecule has 1 amide bonds. The fourth-order valence-electron chi connectivity index (χ4n) is 7.09. The van der Waals surface area contributed by atoms with Crippen LogP contribution in [0.25, 0.3) is 0 Å². The first-order valence-electron chi connectivity index (χ1n) is 23.3. The summed E-state index contributed by atoms with van der Waals surface area (Å²) in [6, 6.07) is -0.977. The smallest absolute Gasteiger partial charge is 0.266 e. The van der Waals surface area contributed by atoms with Gasteiger partial charge in [0, 0.05) is 6.42 Å². The van der Waals surface area contributed by atoms with Gasteiger partial charge in [-0.2, -0.15) is 8.42 Å². The normalized spacial score (nSPS) is 13.6. The molecule has 322 valence electrons. The maximum atomic E-state index is 12.6. The molecule has 0 aliphatic carbocycles. The van der Waals surface area contributed by atoms with Crippen LogP contribution in [0, 0.1) is 0 Å². The van der Waals surface area contributed by atoms with Crippen LogP contribution in [0.15, 0.2) is 48.6 Å². The van der Waals surface area contributed by atoms with Crippen LogP contribution in [0.5, 0.6) is 0 Å². The van der Waals surface area contributed by atoms with Gasteiger partial charge < -0.3 is 10.4 Å². The largest absolute Gasteiger partial charge is 0.391 e. The summed E-state index contributed by atoms with van der Waals surface area (Å²) in [6.07, 6.45) is 56.3. The lowest BCUT2D eigenvalue weighted by molar-refractivity contribution is -0.122. The summed E-state index contributed by atoms with van der Waals surface area (Å²) in [6.45, 7) is 4.43. The van der Waals surface area contributed by atoms with Gasteiger partial charge in [-0.05, 0) is 51.4 Å². The highest BCUT2D eigenvalue weighted by Gasteiger charge is 2.26. The molecule has 0 aliphatic heterocycles. The van der Waals surface area contributed by atoms with E-state index >= 15 is 0 Å². The van der Waals surface area contributed by atoms with Crippen LogP contribution in [-0.2, 0) is 14.9 Å². The Morgan fingerprint density at radius 2 is 0.873 bits per heavy atom. The van der Waals surface area contributed by atoms with Crippen molar-refractivity contribution in [2.45, 2.75) is 244 Å². The predicted octanol–water partition coefficient (Wildman–Crippen LogP) is 14.2. The van der Waals surface area contributed by atoms with Crippen molar-refractivity contribution in [2.24, 2.45) is 0 Å². The molecule has 2 unspecified atom stereocenters. The minimum absolute atomic E-state index is 0.253. The second kappa shape index (κ2) is 41.9. The molecule has 0 spiro atoms. The van der Waals surface area contributed by atoms with Gasteiger partial charge in [0.1, 0.15) is 0 Å². The quantitative estimate of drug-likeness (QED) is 0.0324. The Hall–Kier alpha value is -1.70. The van der Waals surface area contributed by atoms with Crippen LogP contribution >= 0.6 is 0 Å². The molecular weight excluding hydrogens is 703 g/mol. The first-order chi connectivity index (χ1) is 26.8. The van der Waals surface area contributed by atoms with E-state index in [1.165, 1.54) is 128 Å². The van der Waals surface area contributed by atoms with Crippen molar-refractivity contribution in [3.63, 3.8) is 0 Å². The highest BCUT2D eigenvalue weighted by atomic mass is 32.2. The molecule has 2 atom stereocenters. The van der Waals surface area contributed by atoms with E-state index < -0.39 is 28.0 Å². The number of amides is 1. The number of hydrogen-bond donors (Lipinski definition) is 3. The molecule has 0 bridgehead atoms. The Morgan fingerprint density at radius 3 is 1.29 bits per heavy atom. The van der Waals surface area contributed by atoms with Crippen molar-refractivity contribution in [3.05, 3.63) is 48.6 Å². The molecule has 0 fully saturated rings. The number of aliphatic hydroxyl groups excluding tert-OH is 1. The third-order valence-electron chi connectivity index (χ3n) is 10.5. The van der Waals surface area contributed by atoms with Crippen molar-refractivity contribution in [2.75, 3.05) is 5.75 Å². The van der Waals surface area contributed by atoms with Crippen molar-refractivity contribution in [1.29, 1.82) is 0 Å². The van der Waals surface area contributed by atoms with Crippen molar-refractivity contribution >= 4 is 16.0 Å². The number of unbranched alkanes of at least 4 members (excludes halogenated alkanes) is 26. The van der Waals surface area contributed by atoms with Crippen molar-refractivity contribution < 1.29 is 22.9 Å². The summed E-state index contributed by atoms with van der Waals surface area (Å²) in [7, 11) is -4.32. The number of aliphatic hydroxyl groups is 1. The Bertz CT molecular complexity index is 1050. The van der Waals surface area contributed by atoms with Crippen LogP contribution < -0.4 is 5.32 Å². The van der Waals surface area contributed by atoms with Gasteiger partial charge in [0.05, 0.1) is 17.9 Å². The number of rotatable bonds is 42. The fourth-order valence-corrected chi connectivity index (χ4v) is 7.85. The first kappa shape index (κ1) is 53.3. The van der Waals surface area contributed by atoms with E-state index in [4.69, 9.17) is 0 Å². The maximum absolute atomic E-state index is 12.6. The van der Waals surface area contributed by atoms with Crippen molar-refractivity contribution in [3.8, 4) is 0 Å². The number of allylic oxidation sites excluding steroid dienone is 8. The summed E-state index contributed by atoms with van der Waals surface area (Å²) < 4.78 is 32.7. The highest BCUT2D eigenvalue weighted by molar-refractivity contribution is 7.85. The molecule has 0 aromatic carbocycles. The molecule has 6 nitrogen and oxygen atoms in total. The van der Waals surface area contributed by atoms with Crippen LogP contribution in [0.4, 0.5) is 0 Å². The maximum Gasteiger partial charge on any atom is 0.266 e. The molecule has 0 heterocycles. The zero-order chi connectivity index (χ0) is 40.3. The average molecular weight is 792 g/mol. The molecular formula is C48H89NO5S. The van der Waals surface area contributed by atoms with Gasteiger partial charge in [-0.25, -0.2) is 0 Å².